The highest BCUT2D eigenvalue weighted by Crippen LogP contribution is 2.17. The summed E-state index contributed by atoms with van der Waals surface area (Å²) in [7, 11) is 0. The van der Waals surface area contributed by atoms with Crippen LogP contribution in [0.15, 0.2) is 23.2 Å². The first-order valence-corrected chi connectivity index (χ1v) is 7.05. The second-order valence-electron chi connectivity index (χ2n) is 4.61. The van der Waals surface area contributed by atoms with E-state index in [4.69, 9.17) is 11.6 Å². The number of halogens is 3. The number of guanidine groups is 1. The minimum absolute atomic E-state index is 0. The van der Waals surface area contributed by atoms with Crippen LogP contribution in [0.1, 0.15) is 25.3 Å². The van der Waals surface area contributed by atoms with Crippen molar-refractivity contribution in [1.29, 1.82) is 0 Å². The van der Waals surface area contributed by atoms with Gasteiger partial charge in [0, 0.05) is 19.6 Å². The van der Waals surface area contributed by atoms with E-state index in [1.54, 1.807) is 12.1 Å². The molecule has 0 aromatic heterocycles. The second kappa shape index (κ2) is 8.67. The van der Waals surface area contributed by atoms with Crippen molar-refractivity contribution in [2.24, 2.45) is 4.99 Å². The molecule has 1 aromatic carbocycles. The number of likely N-dealkylation sites (tertiary alicyclic amines) is 1. The molecule has 0 saturated carbocycles. The standard InChI is InChI=1S/C14H19ClFN3.HI/c1-2-17-14(19-7-3-4-8-19)18-10-11-5-6-13(16)12(15)9-11;/h5-6,9H,2-4,7-8,10H2,1H3,(H,17,18);1H. The zero-order valence-electron chi connectivity index (χ0n) is 11.5. The molecule has 0 spiro atoms. The van der Waals surface area contributed by atoms with Gasteiger partial charge in [0.15, 0.2) is 5.96 Å². The Labute approximate surface area is 141 Å². The molecule has 0 aliphatic carbocycles. The molecule has 2 rings (SSSR count). The van der Waals surface area contributed by atoms with Gasteiger partial charge < -0.3 is 10.2 Å². The van der Waals surface area contributed by atoms with E-state index in [9.17, 15) is 4.39 Å². The van der Waals surface area contributed by atoms with Crippen molar-refractivity contribution in [3.8, 4) is 0 Å². The minimum atomic E-state index is -0.388. The first kappa shape index (κ1) is 17.5. The lowest BCUT2D eigenvalue weighted by molar-refractivity contribution is 0.493. The molecule has 1 saturated heterocycles. The average Bonchev–Trinajstić information content (AvgIpc) is 2.92. The zero-order valence-corrected chi connectivity index (χ0v) is 14.6. The van der Waals surface area contributed by atoms with Gasteiger partial charge in [-0.05, 0) is 37.5 Å². The lowest BCUT2D eigenvalue weighted by Crippen LogP contribution is -2.39. The molecule has 0 radical (unpaired) electrons. The van der Waals surface area contributed by atoms with Gasteiger partial charge in [0.1, 0.15) is 5.82 Å². The van der Waals surface area contributed by atoms with E-state index in [-0.39, 0.29) is 34.8 Å². The lowest BCUT2D eigenvalue weighted by atomic mass is 10.2. The lowest BCUT2D eigenvalue weighted by Gasteiger charge is -2.20. The number of hydrogen-bond acceptors (Lipinski definition) is 1. The molecular weight excluding hydrogens is 392 g/mol. The van der Waals surface area contributed by atoms with Gasteiger partial charge in [0.05, 0.1) is 11.6 Å². The molecular formula is C14H20ClFIN3. The quantitative estimate of drug-likeness (QED) is 0.467. The Bertz CT molecular complexity index is 462. The van der Waals surface area contributed by atoms with Gasteiger partial charge in [-0.3, -0.25) is 0 Å². The van der Waals surface area contributed by atoms with Crippen LogP contribution in [0.2, 0.25) is 5.02 Å². The van der Waals surface area contributed by atoms with Crippen molar-refractivity contribution in [3.63, 3.8) is 0 Å². The highest BCUT2D eigenvalue weighted by atomic mass is 127. The van der Waals surface area contributed by atoms with Gasteiger partial charge in [-0.25, -0.2) is 9.38 Å². The van der Waals surface area contributed by atoms with Crippen LogP contribution in [0.3, 0.4) is 0 Å². The molecule has 1 heterocycles. The Kier molecular flexibility index (Phi) is 7.58. The first-order valence-electron chi connectivity index (χ1n) is 6.68. The maximum Gasteiger partial charge on any atom is 0.194 e. The van der Waals surface area contributed by atoms with E-state index >= 15 is 0 Å². The molecule has 1 N–H and O–H groups in total. The molecule has 1 aromatic rings. The molecule has 1 aliphatic heterocycles. The van der Waals surface area contributed by atoms with Crippen LogP contribution in [-0.4, -0.2) is 30.5 Å². The van der Waals surface area contributed by atoms with Crippen LogP contribution in [0, 0.1) is 5.82 Å². The van der Waals surface area contributed by atoms with Crippen LogP contribution < -0.4 is 5.32 Å². The number of hydrogen-bond donors (Lipinski definition) is 1. The average molecular weight is 412 g/mol. The summed E-state index contributed by atoms with van der Waals surface area (Å²) < 4.78 is 13.1. The van der Waals surface area contributed by atoms with E-state index < -0.39 is 0 Å². The fourth-order valence-corrected chi connectivity index (χ4v) is 2.36. The summed E-state index contributed by atoms with van der Waals surface area (Å²) in [5.41, 5.74) is 0.918. The topological polar surface area (TPSA) is 27.6 Å². The summed E-state index contributed by atoms with van der Waals surface area (Å²) in [6.07, 6.45) is 2.43. The largest absolute Gasteiger partial charge is 0.357 e. The summed E-state index contributed by atoms with van der Waals surface area (Å²) in [4.78, 5) is 6.85. The predicted octanol–water partition coefficient (Wildman–Crippen LogP) is 3.66. The van der Waals surface area contributed by atoms with Gasteiger partial charge >= 0.3 is 0 Å². The van der Waals surface area contributed by atoms with E-state index in [2.05, 4.69) is 22.1 Å². The molecule has 6 heteroatoms. The highest BCUT2D eigenvalue weighted by Gasteiger charge is 2.15. The van der Waals surface area contributed by atoms with E-state index in [0.717, 1.165) is 31.2 Å². The maximum atomic E-state index is 13.1. The Morgan fingerprint density at radius 2 is 2.10 bits per heavy atom. The van der Waals surface area contributed by atoms with Crippen LogP contribution in [-0.2, 0) is 6.54 Å². The summed E-state index contributed by atoms with van der Waals surface area (Å²) in [6, 6.07) is 4.74. The molecule has 1 fully saturated rings. The molecule has 0 unspecified atom stereocenters. The molecule has 0 atom stereocenters. The molecule has 1 aliphatic rings. The van der Waals surface area contributed by atoms with Crippen LogP contribution in [0.5, 0.6) is 0 Å². The van der Waals surface area contributed by atoms with Crippen LogP contribution in [0.25, 0.3) is 0 Å². The number of rotatable bonds is 3. The Balaban J connectivity index is 0.00000200. The van der Waals surface area contributed by atoms with Crippen molar-refractivity contribution in [2.45, 2.75) is 26.3 Å². The molecule has 112 valence electrons. The van der Waals surface area contributed by atoms with Gasteiger partial charge in [-0.2, -0.15) is 0 Å². The smallest absolute Gasteiger partial charge is 0.194 e. The van der Waals surface area contributed by atoms with Crippen molar-refractivity contribution >= 4 is 41.5 Å². The Morgan fingerprint density at radius 1 is 1.40 bits per heavy atom. The van der Waals surface area contributed by atoms with Gasteiger partial charge in [0.25, 0.3) is 0 Å². The summed E-state index contributed by atoms with van der Waals surface area (Å²) in [6.45, 7) is 5.52. The minimum Gasteiger partial charge on any atom is -0.357 e. The number of aliphatic imine (C=N–C) groups is 1. The van der Waals surface area contributed by atoms with E-state index in [1.807, 2.05) is 0 Å². The van der Waals surface area contributed by atoms with Crippen molar-refractivity contribution in [3.05, 3.63) is 34.6 Å². The molecule has 20 heavy (non-hydrogen) atoms. The third kappa shape index (κ3) is 4.77. The fourth-order valence-electron chi connectivity index (χ4n) is 2.16. The van der Waals surface area contributed by atoms with Gasteiger partial charge in [-0.15, -0.1) is 24.0 Å². The first-order chi connectivity index (χ1) is 9.20. The fraction of sp³-hybridized carbons (Fsp3) is 0.500. The van der Waals surface area contributed by atoms with E-state index in [0.29, 0.717) is 6.54 Å². The third-order valence-corrected chi connectivity index (χ3v) is 3.43. The molecule has 0 bridgehead atoms. The van der Waals surface area contributed by atoms with E-state index in [1.165, 1.54) is 18.9 Å². The van der Waals surface area contributed by atoms with Crippen molar-refractivity contribution in [1.82, 2.24) is 10.2 Å². The highest BCUT2D eigenvalue weighted by molar-refractivity contribution is 14.0. The van der Waals surface area contributed by atoms with Crippen LogP contribution >= 0.6 is 35.6 Å². The zero-order chi connectivity index (χ0) is 13.7. The van der Waals surface area contributed by atoms with Crippen molar-refractivity contribution in [2.75, 3.05) is 19.6 Å². The monoisotopic (exact) mass is 411 g/mol. The second-order valence-corrected chi connectivity index (χ2v) is 5.02. The summed E-state index contributed by atoms with van der Waals surface area (Å²) in [5.74, 6) is 0.543. The molecule has 3 nitrogen and oxygen atoms in total. The van der Waals surface area contributed by atoms with Crippen LogP contribution in [0.4, 0.5) is 4.39 Å². The third-order valence-electron chi connectivity index (χ3n) is 3.14. The Morgan fingerprint density at radius 3 is 2.70 bits per heavy atom. The molecule has 0 amide bonds. The van der Waals surface area contributed by atoms with Gasteiger partial charge in [0.2, 0.25) is 0 Å². The maximum absolute atomic E-state index is 13.1. The SMILES string of the molecule is CCNC(=NCc1ccc(F)c(Cl)c1)N1CCCC1.I. The predicted molar refractivity (Wildman–Crippen MR) is 92.4 cm³/mol. The van der Waals surface area contributed by atoms with Crippen molar-refractivity contribution < 1.29 is 4.39 Å². The normalized spacial score (nSPS) is 15.2. The number of nitrogens with zero attached hydrogens (tertiary/aromatic N) is 2. The Hall–Kier alpha value is -0.560. The number of nitrogens with one attached hydrogen (secondary N) is 1. The van der Waals surface area contributed by atoms with Gasteiger partial charge in [-0.1, -0.05) is 17.7 Å². The summed E-state index contributed by atoms with van der Waals surface area (Å²) >= 11 is 5.77. The number of benzene rings is 1. The summed E-state index contributed by atoms with van der Waals surface area (Å²) in [5, 5.41) is 3.44.